The molecule has 1 saturated heterocycles. The molecule has 0 spiro atoms. The minimum atomic E-state index is 0.00873. The van der Waals surface area contributed by atoms with Crippen molar-refractivity contribution in [3.8, 4) is 6.07 Å². The second-order valence-corrected chi connectivity index (χ2v) is 5.77. The highest BCUT2D eigenvalue weighted by Crippen LogP contribution is 2.23. The van der Waals surface area contributed by atoms with Crippen molar-refractivity contribution in [2.24, 2.45) is 0 Å². The lowest BCUT2D eigenvalue weighted by atomic mass is 10.2. The van der Waals surface area contributed by atoms with Gasteiger partial charge in [0.05, 0.1) is 30.3 Å². The molecule has 0 unspecified atom stereocenters. The summed E-state index contributed by atoms with van der Waals surface area (Å²) in [5.74, 6) is 2.20. The molecular weight excluding hydrogens is 318 g/mol. The van der Waals surface area contributed by atoms with E-state index in [9.17, 15) is 0 Å². The van der Waals surface area contributed by atoms with Gasteiger partial charge in [0.25, 0.3) is 0 Å². The standard InChI is InChI=1S/C17H21N7O/c1-19-17-20-9-7-16(23-17)24-10-13(14(11-24)25-2)22-15-5-3-4-12(21-15)6-8-18/h3-5,7,9,13-14H,6,10-11H2,1-2H3,(H,21,22)(H,19,20,23)/t13-,14+/m1/s1. The molecule has 0 aromatic carbocycles. The molecule has 8 nitrogen and oxygen atoms in total. The van der Waals surface area contributed by atoms with Crippen molar-refractivity contribution in [2.75, 3.05) is 42.8 Å². The van der Waals surface area contributed by atoms with Crippen LogP contribution in [-0.4, -0.2) is 54.3 Å². The number of rotatable bonds is 6. The van der Waals surface area contributed by atoms with Crippen LogP contribution < -0.4 is 15.5 Å². The van der Waals surface area contributed by atoms with Gasteiger partial charge in [-0.25, -0.2) is 9.97 Å². The highest BCUT2D eigenvalue weighted by molar-refractivity contribution is 5.46. The predicted octanol–water partition coefficient (Wildman–Crippen LogP) is 1.30. The zero-order chi connectivity index (χ0) is 17.6. The molecule has 0 aliphatic carbocycles. The van der Waals surface area contributed by atoms with E-state index in [1.54, 1.807) is 20.4 Å². The molecule has 2 atom stereocenters. The summed E-state index contributed by atoms with van der Waals surface area (Å²) in [5, 5.41) is 15.2. The fraction of sp³-hybridized carbons (Fsp3) is 0.412. The van der Waals surface area contributed by atoms with Gasteiger partial charge in [-0.15, -0.1) is 0 Å². The number of nitrogens with one attached hydrogen (secondary N) is 2. The Kier molecular flexibility index (Phi) is 5.26. The molecule has 1 aliphatic rings. The Morgan fingerprint density at radius 2 is 2.20 bits per heavy atom. The summed E-state index contributed by atoms with van der Waals surface area (Å²) >= 11 is 0. The highest BCUT2D eigenvalue weighted by atomic mass is 16.5. The molecule has 0 saturated carbocycles. The van der Waals surface area contributed by atoms with Gasteiger partial charge in [-0.1, -0.05) is 6.07 Å². The fourth-order valence-electron chi connectivity index (χ4n) is 2.91. The first-order valence-electron chi connectivity index (χ1n) is 8.11. The van der Waals surface area contributed by atoms with Crippen LogP contribution in [0.25, 0.3) is 0 Å². The second kappa shape index (κ2) is 7.77. The van der Waals surface area contributed by atoms with E-state index in [4.69, 9.17) is 10.00 Å². The molecule has 1 aliphatic heterocycles. The van der Waals surface area contributed by atoms with E-state index in [0.29, 0.717) is 12.4 Å². The van der Waals surface area contributed by atoms with Crippen LogP contribution in [0.1, 0.15) is 5.69 Å². The van der Waals surface area contributed by atoms with Gasteiger partial charge in [-0.3, -0.25) is 0 Å². The molecule has 1 fully saturated rings. The molecule has 3 rings (SSSR count). The van der Waals surface area contributed by atoms with Gasteiger partial charge in [-0.2, -0.15) is 10.2 Å². The number of methoxy groups -OCH3 is 1. The Morgan fingerprint density at radius 3 is 2.96 bits per heavy atom. The number of hydrogen-bond acceptors (Lipinski definition) is 8. The maximum atomic E-state index is 8.82. The van der Waals surface area contributed by atoms with Crippen LogP contribution in [0.5, 0.6) is 0 Å². The predicted molar refractivity (Wildman–Crippen MR) is 95.6 cm³/mol. The molecular formula is C17H21N7O. The first kappa shape index (κ1) is 16.9. The molecule has 2 N–H and O–H groups in total. The normalized spacial score (nSPS) is 19.5. The van der Waals surface area contributed by atoms with Gasteiger partial charge in [0.1, 0.15) is 11.6 Å². The van der Waals surface area contributed by atoms with Gasteiger partial charge in [0.2, 0.25) is 5.95 Å². The Labute approximate surface area is 146 Å². The van der Waals surface area contributed by atoms with Gasteiger partial charge < -0.3 is 20.3 Å². The van der Waals surface area contributed by atoms with E-state index < -0.39 is 0 Å². The van der Waals surface area contributed by atoms with Gasteiger partial charge in [0.15, 0.2) is 0 Å². The summed E-state index contributed by atoms with van der Waals surface area (Å²) in [6, 6.07) is 9.74. The van der Waals surface area contributed by atoms with E-state index in [1.165, 1.54) is 0 Å². The lowest BCUT2D eigenvalue weighted by molar-refractivity contribution is 0.113. The Hall–Kier alpha value is -2.92. The SMILES string of the molecule is CNc1nccc(N2C[C@H](OC)[C@H](Nc3cccc(CC#N)n3)C2)n1. The molecule has 2 aromatic rings. The summed E-state index contributed by atoms with van der Waals surface area (Å²) in [6.45, 7) is 1.47. The topological polar surface area (TPSA) is 99.0 Å². The van der Waals surface area contributed by atoms with E-state index >= 15 is 0 Å². The van der Waals surface area contributed by atoms with Crippen molar-refractivity contribution < 1.29 is 4.74 Å². The lowest BCUT2D eigenvalue weighted by Crippen LogP contribution is -2.34. The Bertz CT molecular complexity index is 761. The summed E-state index contributed by atoms with van der Waals surface area (Å²) in [4.78, 5) is 15.3. The van der Waals surface area contributed by atoms with Gasteiger partial charge >= 0.3 is 0 Å². The number of aromatic nitrogens is 3. The summed E-state index contributed by atoms with van der Waals surface area (Å²) in [5.41, 5.74) is 0.755. The van der Waals surface area contributed by atoms with E-state index in [2.05, 4.69) is 36.6 Å². The number of ether oxygens (including phenoxy) is 1. The number of nitrogens with zero attached hydrogens (tertiary/aromatic N) is 5. The summed E-state index contributed by atoms with van der Waals surface area (Å²) < 4.78 is 5.64. The second-order valence-electron chi connectivity index (χ2n) is 5.77. The summed E-state index contributed by atoms with van der Waals surface area (Å²) in [7, 11) is 3.51. The zero-order valence-electron chi connectivity index (χ0n) is 14.3. The third-order valence-electron chi connectivity index (χ3n) is 4.16. The van der Waals surface area contributed by atoms with Crippen LogP contribution in [0.15, 0.2) is 30.5 Å². The molecule has 130 valence electrons. The van der Waals surface area contributed by atoms with Crippen molar-refractivity contribution in [1.82, 2.24) is 15.0 Å². The smallest absolute Gasteiger partial charge is 0.224 e. The van der Waals surface area contributed by atoms with Crippen molar-refractivity contribution in [3.05, 3.63) is 36.2 Å². The number of hydrogen-bond donors (Lipinski definition) is 2. The molecule has 3 heterocycles. The molecule has 25 heavy (non-hydrogen) atoms. The average Bonchev–Trinajstić information content (AvgIpc) is 3.05. The first-order valence-corrected chi connectivity index (χ1v) is 8.11. The van der Waals surface area contributed by atoms with Gasteiger partial charge in [-0.05, 0) is 18.2 Å². The number of nitriles is 1. The quantitative estimate of drug-likeness (QED) is 0.812. The van der Waals surface area contributed by atoms with E-state index in [-0.39, 0.29) is 12.1 Å². The fourth-order valence-corrected chi connectivity index (χ4v) is 2.91. The summed E-state index contributed by atoms with van der Waals surface area (Å²) in [6.07, 6.45) is 2.05. The Balaban J connectivity index is 1.73. The maximum absolute atomic E-state index is 8.82. The van der Waals surface area contributed by atoms with Crippen molar-refractivity contribution in [3.63, 3.8) is 0 Å². The molecule has 0 amide bonds. The number of pyridine rings is 1. The monoisotopic (exact) mass is 339 g/mol. The van der Waals surface area contributed by atoms with Crippen LogP contribution in [0.3, 0.4) is 0 Å². The van der Waals surface area contributed by atoms with E-state index in [0.717, 1.165) is 30.4 Å². The third-order valence-corrected chi connectivity index (χ3v) is 4.16. The minimum absolute atomic E-state index is 0.00873. The van der Waals surface area contributed by atoms with Crippen LogP contribution >= 0.6 is 0 Å². The molecule has 0 bridgehead atoms. The molecule has 2 aromatic heterocycles. The van der Waals surface area contributed by atoms with Gasteiger partial charge in [0, 0.05) is 33.4 Å². The molecule has 0 radical (unpaired) electrons. The van der Waals surface area contributed by atoms with Crippen molar-refractivity contribution >= 4 is 17.6 Å². The van der Waals surface area contributed by atoms with Crippen LogP contribution in [0, 0.1) is 11.3 Å². The first-order chi connectivity index (χ1) is 12.2. The molecule has 8 heteroatoms. The van der Waals surface area contributed by atoms with Crippen LogP contribution in [0.4, 0.5) is 17.6 Å². The van der Waals surface area contributed by atoms with Crippen LogP contribution in [-0.2, 0) is 11.2 Å². The van der Waals surface area contributed by atoms with Crippen molar-refractivity contribution in [1.29, 1.82) is 5.26 Å². The zero-order valence-corrected chi connectivity index (χ0v) is 14.3. The average molecular weight is 339 g/mol. The highest BCUT2D eigenvalue weighted by Gasteiger charge is 2.34. The lowest BCUT2D eigenvalue weighted by Gasteiger charge is -2.19. The van der Waals surface area contributed by atoms with E-state index in [1.807, 2.05) is 24.3 Å². The number of anilines is 3. The Morgan fingerprint density at radius 1 is 1.32 bits per heavy atom. The minimum Gasteiger partial charge on any atom is -0.377 e. The third kappa shape index (κ3) is 3.95. The van der Waals surface area contributed by atoms with Crippen LogP contribution in [0.2, 0.25) is 0 Å². The largest absolute Gasteiger partial charge is 0.377 e. The van der Waals surface area contributed by atoms with Crippen molar-refractivity contribution in [2.45, 2.75) is 18.6 Å². The maximum Gasteiger partial charge on any atom is 0.224 e.